The average Bonchev–Trinajstić information content (AvgIpc) is 2.85. The topological polar surface area (TPSA) is 59.6 Å². The summed E-state index contributed by atoms with van der Waals surface area (Å²) < 4.78 is 10.6. The molecule has 102 valence electrons. The second-order valence-corrected chi connectivity index (χ2v) is 4.46. The quantitative estimate of drug-likeness (QED) is 0.899. The van der Waals surface area contributed by atoms with E-state index in [4.69, 9.17) is 9.47 Å². The molecule has 0 saturated carbocycles. The van der Waals surface area contributed by atoms with Crippen molar-refractivity contribution in [3.63, 3.8) is 0 Å². The molecule has 20 heavy (non-hydrogen) atoms. The number of fused-ring (bicyclic) bond motifs is 1. The van der Waals surface area contributed by atoms with Crippen LogP contribution in [0.15, 0.2) is 42.5 Å². The highest BCUT2D eigenvalue weighted by molar-refractivity contribution is 5.89. The first-order valence-corrected chi connectivity index (χ1v) is 6.25. The van der Waals surface area contributed by atoms with Gasteiger partial charge in [0.2, 0.25) is 12.7 Å². The molecule has 2 aromatic carbocycles. The van der Waals surface area contributed by atoms with E-state index < -0.39 is 0 Å². The number of rotatable bonds is 3. The van der Waals surface area contributed by atoms with Gasteiger partial charge in [0.25, 0.3) is 0 Å². The van der Waals surface area contributed by atoms with Crippen molar-refractivity contribution in [3.05, 3.63) is 42.5 Å². The first-order valence-electron chi connectivity index (χ1n) is 6.25. The molecule has 5 heteroatoms. The van der Waals surface area contributed by atoms with Crippen LogP contribution in [0.3, 0.4) is 0 Å². The maximum atomic E-state index is 11.0. The molecule has 1 amide bonds. The van der Waals surface area contributed by atoms with Crippen LogP contribution in [0.4, 0.5) is 17.1 Å². The van der Waals surface area contributed by atoms with Gasteiger partial charge in [0.15, 0.2) is 11.5 Å². The first kappa shape index (κ1) is 12.3. The fraction of sp³-hybridized carbons (Fsp3) is 0.133. The lowest BCUT2D eigenvalue weighted by Crippen LogP contribution is -2.05. The van der Waals surface area contributed by atoms with Gasteiger partial charge in [0, 0.05) is 30.1 Å². The molecule has 2 N–H and O–H groups in total. The van der Waals surface area contributed by atoms with Crippen LogP contribution >= 0.6 is 0 Å². The van der Waals surface area contributed by atoms with Gasteiger partial charge in [-0.3, -0.25) is 4.79 Å². The second-order valence-electron chi connectivity index (χ2n) is 4.46. The van der Waals surface area contributed by atoms with E-state index in [1.54, 1.807) is 0 Å². The molecule has 2 aromatic rings. The summed E-state index contributed by atoms with van der Waals surface area (Å²) in [5.41, 5.74) is 2.53. The summed E-state index contributed by atoms with van der Waals surface area (Å²) in [6, 6.07) is 13.2. The van der Waals surface area contributed by atoms with Gasteiger partial charge in [-0.25, -0.2) is 0 Å². The van der Waals surface area contributed by atoms with Crippen LogP contribution in [0.25, 0.3) is 0 Å². The summed E-state index contributed by atoms with van der Waals surface area (Å²) in [7, 11) is 0. The Kier molecular flexibility index (Phi) is 3.16. The van der Waals surface area contributed by atoms with E-state index in [0.717, 1.165) is 28.6 Å². The zero-order chi connectivity index (χ0) is 13.9. The Morgan fingerprint density at radius 1 is 1.00 bits per heavy atom. The van der Waals surface area contributed by atoms with E-state index in [1.807, 2.05) is 42.5 Å². The van der Waals surface area contributed by atoms with Gasteiger partial charge in [0.1, 0.15) is 0 Å². The summed E-state index contributed by atoms with van der Waals surface area (Å²) in [5, 5.41) is 6.01. The molecule has 0 fully saturated rings. The molecule has 0 aromatic heterocycles. The zero-order valence-corrected chi connectivity index (χ0v) is 11.0. The van der Waals surface area contributed by atoms with Gasteiger partial charge in [-0.1, -0.05) is 6.07 Å². The molecule has 3 rings (SSSR count). The summed E-state index contributed by atoms with van der Waals surface area (Å²) in [6.45, 7) is 1.74. The van der Waals surface area contributed by atoms with Crippen LogP contribution in [0.2, 0.25) is 0 Å². The molecule has 1 heterocycles. The number of nitrogens with one attached hydrogen (secondary N) is 2. The van der Waals surface area contributed by atoms with Gasteiger partial charge in [-0.15, -0.1) is 0 Å². The summed E-state index contributed by atoms with van der Waals surface area (Å²) in [4.78, 5) is 11.0. The van der Waals surface area contributed by atoms with E-state index in [2.05, 4.69) is 10.6 Å². The van der Waals surface area contributed by atoms with E-state index >= 15 is 0 Å². The standard InChI is InChI=1S/C15H14N2O3/c1-10(18)16-11-3-2-4-12(7-11)17-13-5-6-14-15(8-13)20-9-19-14/h2-8,17H,9H2,1H3,(H,16,18). The minimum absolute atomic E-state index is 0.0924. The summed E-state index contributed by atoms with van der Waals surface area (Å²) >= 11 is 0. The third-order valence-corrected chi connectivity index (χ3v) is 2.84. The molecule has 0 saturated heterocycles. The van der Waals surface area contributed by atoms with Crippen LogP contribution in [-0.2, 0) is 4.79 Å². The number of carbonyl (C=O) groups excluding carboxylic acids is 1. The number of amides is 1. The maximum Gasteiger partial charge on any atom is 0.231 e. The Bertz CT molecular complexity index is 655. The fourth-order valence-corrected chi connectivity index (χ4v) is 2.02. The van der Waals surface area contributed by atoms with Gasteiger partial charge in [-0.2, -0.15) is 0 Å². The Morgan fingerprint density at radius 2 is 1.75 bits per heavy atom. The SMILES string of the molecule is CC(=O)Nc1cccc(Nc2ccc3c(c2)OCO3)c1. The predicted octanol–water partition coefficient (Wildman–Crippen LogP) is 3.12. The third kappa shape index (κ3) is 2.66. The average molecular weight is 270 g/mol. The van der Waals surface area contributed by atoms with E-state index in [0.29, 0.717) is 0 Å². The molecule has 0 bridgehead atoms. The first-order chi connectivity index (χ1) is 9.70. The number of hydrogen-bond donors (Lipinski definition) is 2. The van der Waals surface area contributed by atoms with Crippen molar-refractivity contribution < 1.29 is 14.3 Å². The molecule has 0 aliphatic carbocycles. The smallest absolute Gasteiger partial charge is 0.231 e. The van der Waals surface area contributed by atoms with Gasteiger partial charge < -0.3 is 20.1 Å². The van der Waals surface area contributed by atoms with Crippen molar-refractivity contribution in [1.29, 1.82) is 0 Å². The van der Waals surface area contributed by atoms with Crippen molar-refractivity contribution in [2.45, 2.75) is 6.92 Å². The van der Waals surface area contributed by atoms with Crippen molar-refractivity contribution in [3.8, 4) is 11.5 Å². The molecule has 1 aliphatic heterocycles. The van der Waals surface area contributed by atoms with Crippen LogP contribution in [0, 0.1) is 0 Å². The molecule has 0 unspecified atom stereocenters. The Hall–Kier alpha value is -2.69. The Labute approximate surface area is 116 Å². The van der Waals surface area contributed by atoms with E-state index in [-0.39, 0.29) is 12.7 Å². The highest BCUT2D eigenvalue weighted by Crippen LogP contribution is 2.35. The molecule has 1 aliphatic rings. The van der Waals surface area contributed by atoms with E-state index in [9.17, 15) is 4.79 Å². The minimum Gasteiger partial charge on any atom is -0.454 e. The number of carbonyl (C=O) groups is 1. The van der Waals surface area contributed by atoms with Crippen molar-refractivity contribution in [1.82, 2.24) is 0 Å². The van der Waals surface area contributed by atoms with E-state index in [1.165, 1.54) is 6.92 Å². The Morgan fingerprint density at radius 3 is 2.60 bits per heavy atom. The molecule has 0 atom stereocenters. The number of hydrogen-bond acceptors (Lipinski definition) is 4. The summed E-state index contributed by atoms with van der Waals surface area (Å²) in [5.74, 6) is 1.39. The van der Waals surface area contributed by atoms with Gasteiger partial charge in [-0.05, 0) is 30.3 Å². The molecular weight excluding hydrogens is 256 g/mol. The Balaban J connectivity index is 1.79. The van der Waals surface area contributed by atoms with Crippen LogP contribution < -0.4 is 20.1 Å². The fourth-order valence-electron chi connectivity index (χ4n) is 2.02. The largest absolute Gasteiger partial charge is 0.454 e. The predicted molar refractivity (Wildman–Crippen MR) is 76.6 cm³/mol. The lowest BCUT2D eigenvalue weighted by Gasteiger charge is -2.09. The monoisotopic (exact) mass is 270 g/mol. The van der Waals surface area contributed by atoms with Crippen LogP contribution in [-0.4, -0.2) is 12.7 Å². The van der Waals surface area contributed by atoms with Crippen LogP contribution in [0.1, 0.15) is 6.92 Å². The van der Waals surface area contributed by atoms with Crippen molar-refractivity contribution in [2.24, 2.45) is 0 Å². The zero-order valence-electron chi connectivity index (χ0n) is 11.0. The number of anilines is 3. The lowest BCUT2D eigenvalue weighted by atomic mass is 10.2. The lowest BCUT2D eigenvalue weighted by molar-refractivity contribution is -0.114. The molecular formula is C15H14N2O3. The molecule has 0 spiro atoms. The normalized spacial score (nSPS) is 12.1. The van der Waals surface area contributed by atoms with Crippen molar-refractivity contribution >= 4 is 23.0 Å². The van der Waals surface area contributed by atoms with Gasteiger partial charge >= 0.3 is 0 Å². The highest BCUT2D eigenvalue weighted by Gasteiger charge is 2.13. The van der Waals surface area contributed by atoms with Crippen LogP contribution in [0.5, 0.6) is 11.5 Å². The molecule has 5 nitrogen and oxygen atoms in total. The molecule has 0 radical (unpaired) electrons. The maximum absolute atomic E-state index is 11.0. The summed E-state index contributed by atoms with van der Waals surface area (Å²) in [6.07, 6.45) is 0. The van der Waals surface area contributed by atoms with Crippen molar-refractivity contribution in [2.75, 3.05) is 17.4 Å². The number of ether oxygens (including phenoxy) is 2. The minimum atomic E-state index is -0.0924. The van der Waals surface area contributed by atoms with Gasteiger partial charge in [0.05, 0.1) is 0 Å². The second kappa shape index (κ2) is 5.13. The third-order valence-electron chi connectivity index (χ3n) is 2.84. The highest BCUT2D eigenvalue weighted by atomic mass is 16.7. The number of benzene rings is 2.